The number of aliphatic hydroxyl groups excluding tert-OH is 1. The molecule has 0 fully saturated rings. The Morgan fingerprint density at radius 3 is 2.19 bits per heavy atom. The average Bonchev–Trinajstić information content (AvgIpc) is 3.40. The van der Waals surface area contributed by atoms with Crippen molar-refractivity contribution < 1.29 is 19.4 Å². The van der Waals surface area contributed by atoms with Gasteiger partial charge in [-0.25, -0.2) is 4.99 Å². The van der Waals surface area contributed by atoms with E-state index in [-0.39, 0.29) is 12.5 Å². The molecule has 2 N–H and O–H groups in total. The summed E-state index contributed by atoms with van der Waals surface area (Å²) in [5, 5.41) is 12.2. The van der Waals surface area contributed by atoms with Crippen molar-refractivity contribution >= 4 is 43.7 Å². The van der Waals surface area contributed by atoms with Gasteiger partial charge in [0.2, 0.25) is 5.90 Å². The molecular weight excluding hydrogens is 672 g/mol. The molecule has 1 aliphatic heterocycles. The maximum atomic E-state index is 14.4. The van der Waals surface area contributed by atoms with Gasteiger partial charge in [-0.15, -0.1) is 0 Å². The minimum absolute atomic E-state index is 0.0771. The molecule has 1 aliphatic rings. The van der Waals surface area contributed by atoms with Crippen molar-refractivity contribution in [3.8, 4) is 5.75 Å². The summed E-state index contributed by atoms with van der Waals surface area (Å²) in [7, 11) is 0. The summed E-state index contributed by atoms with van der Waals surface area (Å²) in [6.07, 6.45) is 0.963. The Bertz CT molecular complexity index is 1540. The molecule has 1 amide bonds. The summed E-state index contributed by atoms with van der Waals surface area (Å²) >= 11 is 7.06. The van der Waals surface area contributed by atoms with Gasteiger partial charge in [0.1, 0.15) is 5.75 Å². The van der Waals surface area contributed by atoms with Gasteiger partial charge in [-0.2, -0.15) is 0 Å². The third-order valence-corrected chi connectivity index (χ3v) is 8.47. The van der Waals surface area contributed by atoms with Crippen LogP contribution in [0.25, 0.3) is 0 Å². The molecule has 222 valence electrons. The Hall–Kier alpha value is -3.46. The van der Waals surface area contributed by atoms with Crippen molar-refractivity contribution in [2.45, 2.75) is 37.8 Å². The Morgan fingerprint density at radius 2 is 1.53 bits per heavy atom. The highest BCUT2D eigenvalue weighted by Gasteiger charge is 2.53. The van der Waals surface area contributed by atoms with E-state index in [9.17, 15) is 4.79 Å². The first-order valence-corrected chi connectivity index (χ1v) is 15.9. The van der Waals surface area contributed by atoms with E-state index in [0.29, 0.717) is 44.1 Å². The number of ether oxygens (including phenoxy) is 2. The van der Waals surface area contributed by atoms with Crippen LogP contribution in [0.3, 0.4) is 0 Å². The summed E-state index contributed by atoms with van der Waals surface area (Å²) < 4.78 is 14.2. The van der Waals surface area contributed by atoms with Crippen LogP contribution in [-0.4, -0.2) is 42.2 Å². The Kier molecular flexibility index (Phi) is 10.3. The number of benzene rings is 4. The average molecular weight is 706 g/mol. The third-order valence-electron chi connectivity index (χ3n) is 7.41. The first-order chi connectivity index (χ1) is 20.9. The number of halogens is 2. The minimum Gasteiger partial charge on any atom is -0.494 e. The van der Waals surface area contributed by atoms with Crippen LogP contribution in [-0.2, 0) is 22.4 Å². The van der Waals surface area contributed by atoms with E-state index in [1.165, 1.54) is 5.56 Å². The van der Waals surface area contributed by atoms with E-state index in [0.717, 1.165) is 31.2 Å². The largest absolute Gasteiger partial charge is 0.494 e. The van der Waals surface area contributed by atoms with Crippen molar-refractivity contribution in [2.24, 2.45) is 4.99 Å². The Labute approximate surface area is 269 Å². The monoisotopic (exact) mass is 704 g/mol. The number of aliphatic hydroxyl groups is 1. The molecule has 0 aromatic heterocycles. The SMILES string of the molecule is Cc1ccc(CCNC(=O)[C@]2(Cc3ccc(Br)cc3)N=C(c3ccc(OCCCO)cc3)O[C@@H]2c2ccc(Br)cc2)cc1. The maximum absolute atomic E-state index is 14.4. The summed E-state index contributed by atoms with van der Waals surface area (Å²) in [4.78, 5) is 19.5. The van der Waals surface area contributed by atoms with Gasteiger partial charge < -0.3 is 19.9 Å². The normalized spacial score (nSPS) is 17.7. The van der Waals surface area contributed by atoms with Crippen LogP contribution in [0.5, 0.6) is 5.75 Å². The van der Waals surface area contributed by atoms with Gasteiger partial charge >= 0.3 is 0 Å². The van der Waals surface area contributed by atoms with E-state index in [2.05, 4.69) is 68.4 Å². The molecule has 0 unspecified atom stereocenters. The van der Waals surface area contributed by atoms with Crippen molar-refractivity contribution in [3.63, 3.8) is 0 Å². The van der Waals surface area contributed by atoms with Crippen LogP contribution in [0.15, 0.2) is 111 Å². The van der Waals surface area contributed by atoms with Gasteiger partial charge in [-0.05, 0) is 78.6 Å². The first-order valence-electron chi connectivity index (χ1n) is 14.3. The zero-order valence-electron chi connectivity index (χ0n) is 23.9. The molecular formula is C35H34Br2N2O4. The summed E-state index contributed by atoms with van der Waals surface area (Å²) in [5.74, 6) is 0.908. The molecule has 5 rings (SSSR count). The smallest absolute Gasteiger partial charge is 0.252 e. The van der Waals surface area contributed by atoms with E-state index < -0.39 is 11.6 Å². The van der Waals surface area contributed by atoms with Crippen molar-refractivity contribution in [3.05, 3.63) is 134 Å². The van der Waals surface area contributed by atoms with Crippen LogP contribution in [0.1, 0.15) is 40.3 Å². The summed E-state index contributed by atoms with van der Waals surface area (Å²) in [6, 6.07) is 31.6. The number of carbonyl (C=O) groups excluding carboxylic acids is 1. The zero-order chi connectivity index (χ0) is 30.2. The van der Waals surface area contributed by atoms with Crippen LogP contribution in [0.2, 0.25) is 0 Å². The summed E-state index contributed by atoms with van der Waals surface area (Å²) in [6.45, 7) is 3.04. The molecule has 0 radical (unpaired) electrons. The predicted molar refractivity (Wildman–Crippen MR) is 177 cm³/mol. The molecule has 43 heavy (non-hydrogen) atoms. The highest BCUT2D eigenvalue weighted by molar-refractivity contribution is 9.10. The predicted octanol–water partition coefficient (Wildman–Crippen LogP) is 7.14. The molecule has 2 atom stereocenters. The molecule has 6 nitrogen and oxygen atoms in total. The van der Waals surface area contributed by atoms with Crippen LogP contribution in [0, 0.1) is 6.92 Å². The number of amides is 1. The fraction of sp³-hybridized carbons (Fsp3) is 0.257. The highest BCUT2D eigenvalue weighted by atomic mass is 79.9. The van der Waals surface area contributed by atoms with Crippen LogP contribution in [0.4, 0.5) is 0 Å². The second kappa shape index (κ2) is 14.3. The second-order valence-corrected chi connectivity index (χ2v) is 12.5. The number of aliphatic imine (C=N–C) groups is 1. The molecule has 0 saturated heterocycles. The van der Waals surface area contributed by atoms with E-state index >= 15 is 0 Å². The maximum Gasteiger partial charge on any atom is 0.252 e. The first kappa shape index (κ1) is 31.0. The van der Waals surface area contributed by atoms with Gasteiger partial charge in [0.05, 0.1) is 6.61 Å². The number of nitrogens with zero attached hydrogens (tertiary/aromatic N) is 1. The molecule has 4 aromatic rings. The standard InChI is InChI=1S/C35H34Br2N2O4/c1-24-3-5-25(6-4-24)19-20-38-34(41)35(23-26-7-13-29(36)14-8-26)32(27-9-15-30(37)16-10-27)43-33(39-35)28-11-17-31(18-12-28)42-22-2-21-40/h3-18,32,40H,2,19-23H2,1H3,(H,38,41)/t32-,35-/m1/s1. The number of aryl methyl sites for hydroxylation is 1. The van der Waals surface area contributed by atoms with Gasteiger partial charge in [0.25, 0.3) is 5.91 Å². The fourth-order valence-corrected chi connectivity index (χ4v) is 5.59. The summed E-state index contributed by atoms with van der Waals surface area (Å²) in [5.41, 5.74) is 3.69. The van der Waals surface area contributed by atoms with Crippen molar-refractivity contribution in [2.75, 3.05) is 19.8 Å². The lowest BCUT2D eigenvalue weighted by Gasteiger charge is -2.31. The lowest BCUT2D eigenvalue weighted by Crippen LogP contribution is -2.50. The molecule has 8 heteroatoms. The molecule has 4 aromatic carbocycles. The van der Waals surface area contributed by atoms with Crippen molar-refractivity contribution in [1.29, 1.82) is 0 Å². The number of carbonyl (C=O) groups is 1. The molecule has 1 heterocycles. The number of nitrogens with one attached hydrogen (secondary N) is 1. The van der Waals surface area contributed by atoms with E-state index in [1.54, 1.807) is 0 Å². The highest BCUT2D eigenvalue weighted by Crippen LogP contribution is 2.43. The van der Waals surface area contributed by atoms with Gasteiger partial charge in [-0.3, -0.25) is 4.79 Å². The van der Waals surface area contributed by atoms with Crippen molar-refractivity contribution in [1.82, 2.24) is 5.32 Å². The third kappa shape index (κ3) is 7.74. The molecule has 0 spiro atoms. The van der Waals surface area contributed by atoms with Crippen LogP contribution >= 0.6 is 31.9 Å². The number of hydrogen-bond donors (Lipinski definition) is 2. The van der Waals surface area contributed by atoms with Crippen LogP contribution < -0.4 is 10.1 Å². The molecule has 0 aliphatic carbocycles. The Morgan fingerprint density at radius 1 is 0.907 bits per heavy atom. The molecule has 0 bridgehead atoms. The second-order valence-electron chi connectivity index (χ2n) is 10.6. The lowest BCUT2D eigenvalue weighted by molar-refractivity contribution is -0.128. The van der Waals surface area contributed by atoms with Gasteiger partial charge in [0, 0.05) is 40.5 Å². The topological polar surface area (TPSA) is 80.2 Å². The minimum atomic E-state index is -1.25. The fourth-order valence-electron chi connectivity index (χ4n) is 5.06. The molecule has 0 saturated carbocycles. The number of hydrogen-bond acceptors (Lipinski definition) is 5. The number of rotatable bonds is 12. The Balaban J connectivity index is 1.50. The van der Waals surface area contributed by atoms with Gasteiger partial charge in [0.15, 0.2) is 11.6 Å². The lowest BCUT2D eigenvalue weighted by atomic mass is 9.82. The van der Waals surface area contributed by atoms with Gasteiger partial charge in [-0.1, -0.05) is 86.0 Å². The van der Waals surface area contributed by atoms with E-state index in [1.807, 2.05) is 72.8 Å². The van der Waals surface area contributed by atoms with E-state index in [4.69, 9.17) is 19.6 Å². The quantitative estimate of drug-likeness (QED) is 0.154. The zero-order valence-corrected chi connectivity index (χ0v) is 27.1.